The summed E-state index contributed by atoms with van der Waals surface area (Å²) in [5, 5.41) is 2.78. The van der Waals surface area contributed by atoms with Crippen LogP contribution in [0.25, 0.3) is 0 Å². The first-order valence-electron chi connectivity index (χ1n) is 6.31. The number of pyridine rings is 1. The van der Waals surface area contributed by atoms with Crippen LogP contribution in [-0.4, -0.2) is 10.9 Å². The average molecular weight is 258 g/mol. The summed E-state index contributed by atoms with van der Waals surface area (Å²) in [6.45, 7) is 7.81. The minimum Gasteiger partial charge on any atom is -0.465 e. The molecule has 0 atom stereocenters. The van der Waals surface area contributed by atoms with E-state index in [1.165, 1.54) is 0 Å². The Balaban J connectivity index is 2.20. The number of carbonyl (C=O) groups is 1. The number of aromatic nitrogens is 1. The zero-order valence-corrected chi connectivity index (χ0v) is 11.7. The maximum absolute atomic E-state index is 12.2. The van der Waals surface area contributed by atoms with Gasteiger partial charge in [-0.05, 0) is 37.6 Å². The molecule has 1 N–H and O–H groups in total. The van der Waals surface area contributed by atoms with E-state index >= 15 is 0 Å². The van der Waals surface area contributed by atoms with Gasteiger partial charge in [-0.3, -0.25) is 4.79 Å². The fourth-order valence-electron chi connectivity index (χ4n) is 1.80. The Bertz CT molecular complexity index is 600. The molecule has 0 aliphatic carbocycles. The predicted molar refractivity (Wildman–Crippen MR) is 74.5 cm³/mol. The van der Waals surface area contributed by atoms with Crippen molar-refractivity contribution in [3.05, 3.63) is 47.0 Å². The minimum atomic E-state index is -0.189. The Morgan fingerprint density at radius 1 is 1.32 bits per heavy atom. The number of furan rings is 1. The van der Waals surface area contributed by atoms with Gasteiger partial charge in [0.25, 0.3) is 5.91 Å². The molecule has 0 fully saturated rings. The summed E-state index contributed by atoms with van der Waals surface area (Å²) in [6, 6.07) is 5.51. The molecule has 0 aromatic carbocycles. The lowest BCUT2D eigenvalue weighted by Gasteiger charge is -2.03. The van der Waals surface area contributed by atoms with Crippen LogP contribution in [0.5, 0.6) is 0 Å². The molecule has 100 valence electrons. The summed E-state index contributed by atoms with van der Waals surface area (Å²) >= 11 is 0. The molecule has 0 bridgehead atoms. The van der Waals surface area contributed by atoms with E-state index in [1.807, 2.05) is 32.9 Å². The third-order valence-electron chi connectivity index (χ3n) is 2.91. The van der Waals surface area contributed by atoms with Crippen molar-refractivity contribution in [3.63, 3.8) is 0 Å². The van der Waals surface area contributed by atoms with Gasteiger partial charge in [0.1, 0.15) is 17.3 Å². The molecule has 2 aromatic heterocycles. The molecule has 2 rings (SSSR count). The van der Waals surface area contributed by atoms with Gasteiger partial charge in [0, 0.05) is 12.1 Å². The highest BCUT2D eigenvalue weighted by molar-refractivity contribution is 6.04. The topological polar surface area (TPSA) is 55.1 Å². The molecular weight excluding hydrogens is 240 g/mol. The van der Waals surface area contributed by atoms with Crippen molar-refractivity contribution in [2.75, 3.05) is 5.32 Å². The molecule has 0 saturated heterocycles. The first-order chi connectivity index (χ1) is 8.97. The highest BCUT2D eigenvalue weighted by atomic mass is 16.3. The van der Waals surface area contributed by atoms with Crippen LogP contribution >= 0.6 is 0 Å². The summed E-state index contributed by atoms with van der Waals surface area (Å²) in [5.41, 5.74) is 1.61. The van der Waals surface area contributed by atoms with Crippen LogP contribution in [0.1, 0.15) is 47.2 Å². The third-order valence-corrected chi connectivity index (χ3v) is 2.91. The van der Waals surface area contributed by atoms with Crippen LogP contribution in [0.15, 0.2) is 28.8 Å². The number of rotatable bonds is 3. The first kappa shape index (κ1) is 13.3. The van der Waals surface area contributed by atoms with Gasteiger partial charge in [-0.15, -0.1) is 0 Å². The normalized spacial score (nSPS) is 10.8. The van der Waals surface area contributed by atoms with Crippen molar-refractivity contribution < 1.29 is 9.21 Å². The molecule has 0 aliphatic rings. The molecule has 2 aromatic rings. The average Bonchev–Trinajstić information content (AvgIpc) is 2.71. The van der Waals surface area contributed by atoms with Gasteiger partial charge in [0.2, 0.25) is 0 Å². The van der Waals surface area contributed by atoms with E-state index in [0.29, 0.717) is 17.1 Å². The maximum Gasteiger partial charge on any atom is 0.260 e. The molecule has 0 aliphatic heterocycles. The lowest BCUT2D eigenvalue weighted by molar-refractivity contribution is 0.102. The molecule has 4 heteroatoms. The highest BCUT2D eigenvalue weighted by Gasteiger charge is 2.16. The lowest BCUT2D eigenvalue weighted by atomic mass is 10.1. The second kappa shape index (κ2) is 5.26. The van der Waals surface area contributed by atoms with E-state index in [-0.39, 0.29) is 11.8 Å². The van der Waals surface area contributed by atoms with Gasteiger partial charge in [0.05, 0.1) is 5.56 Å². The number of aryl methyl sites for hydroxylation is 2. The molecule has 19 heavy (non-hydrogen) atoms. The Labute approximate surface area is 112 Å². The highest BCUT2D eigenvalue weighted by Crippen LogP contribution is 2.22. The van der Waals surface area contributed by atoms with Crippen LogP contribution in [0.4, 0.5) is 5.82 Å². The van der Waals surface area contributed by atoms with Gasteiger partial charge in [-0.2, -0.15) is 0 Å². The largest absolute Gasteiger partial charge is 0.465 e. The van der Waals surface area contributed by atoms with Gasteiger partial charge >= 0.3 is 0 Å². The second-order valence-corrected chi connectivity index (χ2v) is 4.95. The number of anilines is 1. The summed E-state index contributed by atoms with van der Waals surface area (Å²) in [7, 11) is 0. The number of hydrogen-bond acceptors (Lipinski definition) is 3. The number of carbonyl (C=O) groups excluding carboxylic acids is 1. The van der Waals surface area contributed by atoms with Crippen molar-refractivity contribution in [1.29, 1.82) is 0 Å². The molecule has 2 heterocycles. The monoisotopic (exact) mass is 258 g/mol. The predicted octanol–water partition coefficient (Wildman–Crippen LogP) is 3.67. The van der Waals surface area contributed by atoms with Crippen molar-refractivity contribution in [2.45, 2.75) is 33.6 Å². The fourth-order valence-corrected chi connectivity index (χ4v) is 1.80. The standard InChI is InChI=1S/C15H18N2O2/c1-9(2)13-8-12(11(4)19-13)15(18)17-14-7-10(3)5-6-16-14/h5-9H,1-4H3,(H,16,17,18). The van der Waals surface area contributed by atoms with Crippen molar-refractivity contribution in [2.24, 2.45) is 0 Å². The minimum absolute atomic E-state index is 0.189. The summed E-state index contributed by atoms with van der Waals surface area (Å²) in [5.74, 6) is 2.08. The molecule has 4 nitrogen and oxygen atoms in total. The zero-order chi connectivity index (χ0) is 14.0. The van der Waals surface area contributed by atoms with Crippen LogP contribution in [0, 0.1) is 13.8 Å². The van der Waals surface area contributed by atoms with Gasteiger partial charge in [0.15, 0.2) is 0 Å². The molecule has 0 unspecified atom stereocenters. The van der Waals surface area contributed by atoms with Gasteiger partial charge < -0.3 is 9.73 Å². The number of amides is 1. The van der Waals surface area contributed by atoms with Gasteiger partial charge in [-0.25, -0.2) is 4.98 Å². The van der Waals surface area contributed by atoms with Crippen LogP contribution in [-0.2, 0) is 0 Å². The van der Waals surface area contributed by atoms with Crippen LogP contribution in [0.3, 0.4) is 0 Å². The molecular formula is C15H18N2O2. The Morgan fingerprint density at radius 3 is 2.63 bits per heavy atom. The van der Waals surface area contributed by atoms with E-state index in [9.17, 15) is 4.79 Å². The summed E-state index contributed by atoms with van der Waals surface area (Å²) in [4.78, 5) is 16.3. The molecule has 0 spiro atoms. The fraction of sp³-hybridized carbons (Fsp3) is 0.333. The second-order valence-electron chi connectivity index (χ2n) is 4.95. The van der Waals surface area contributed by atoms with E-state index < -0.39 is 0 Å². The van der Waals surface area contributed by atoms with Crippen LogP contribution < -0.4 is 5.32 Å². The third kappa shape index (κ3) is 3.02. The van der Waals surface area contributed by atoms with Crippen molar-refractivity contribution in [1.82, 2.24) is 4.98 Å². The lowest BCUT2D eigenvalue weighted by Crippen LogP contribution is -2.13. The van der Waals surface area contributed by atoms with Crippen LogP contribution in [0.2, 0.25) is 0 Å². The van der Waals surface area contributed by atoms with E-state index in [1.54, 1.807) is 19.2 Å². The summed E-state index contributed by atoms with van der Waals surface area (Å²) < 4.78 is 5.58. The van der Waals surface area contributed by atoms with E-state index in [4.69, 9.17) is 4.42 Å². The molecule has 0 saturated carbocycles. The Hall–Kier alpha value is -2.10. The zero-order valence-electron chi connectivity index (χ0n) is 11.7. The maximum atomic E-state index is 12.2. The van der Waals surface area contributed by atoms with Crippen molar-refractivity contribution >= 4 is 11.7 Å². The molecule has 0 radical (unpaired) electrons. The number of hydrogen-bond donors (Lipinski definition) is 1. The van der Waals surface area contributed by atoms with E-state index in [2.05, 4.69) is 10.3 Å². The molecule has 1 amide bonds. The Kier molecular flexibility index (Phi) is 3.69. The quantitative estimate of drug-likeness (QED) is 0.913. The first-order valence-corrected chi connectivity index (χ1v) is 6.31. The number of nitrogens with one attached hydrogen (secondary N) is 1. The summed E-state index contributed by atoms with van der Waals surface area (Å²) in [6.07, 6.45) is 1.67. The smallest absolute Gasteiger partial charge is 0.260 e. The van der Waals surface area contributed by atoms with E-state index in [0.717, 1.165) is 11.3 Å². The number of nitrogens with zero attached hydrogens (tertiary/aromatic N) is 1. The van der Waals surface area contributed by atoms with Crippen molar-refractivity contribution in [3.8, 4) is 0 Å². The SMILES string of the molecule is Cc1ccnc(NC(=O)c2cc(C(C)C)oc2C)c1. The Morgan fingerprint density at radius 2 is 2.05 bits per heavy atom. The van der Waals surface area contributed by atoms with Gasteiger partial charge in [-0.1, -0.05) is 13.8 Å².